The third kappa shape index (κ3) is 4.05. The molecule has 1 saturated heterocycles. The van der Waals surface area contributed by atoms with E-state index in [1.165, 1.54) is 0 Å². The van der Waals surface area contributed by atoms with Gasteiger partial charge < -0.3 is 19.7 Å². The van der Waals surface area contributed by atoms with E-state index in [2.05, 4.69) is 5.32 Å². The smallest absolute Gasteiger partial charge is 0.322 e. The molecule has 25 heavy (non-hydrogen) atoms. The van der Waals surface area contributed by atoms with Crippen molar-refractivity contribution in [3.8, 4) is 11.5 Å². The van der Waals surface area contributed by atoms with Gasteiger partial charge >= 0.3 is 6.03 Å². The lowest BCUT2D eigenvalue weighted by atomic mass is 10.0. The molecule has 0 spiro atoms. The fourth-order valence-electron chi connectivity index (χ4n) is 3.18. The number of hydrogen-bond donors (Lipinski definition) is 1. The molecular weight excluding hydrogens is 316 g/mol. The van der Waals surface area contributed by atoms with E-state index >= 15 is 0 Å². The number of methoxy groups -OCH3 is 1. The number of likely N-dealkylation sites (tertiary alicyclic amines) is 1. The Morgan fingerprint density at radius 1 is 1.12 bits per heavy atom. The number of urea groups is 1. The number of carbonyl (C=O) groups excluding carboxylic acids is 1. The zero-order chi connectivity index (χ0) is 17.6. The van der Waals surface area contributed by atoms with Gasteiger partial charge in [0.1, 0.15) is 11.5 Å². The van der Waals surface area contributed by atoms with Crippen LogP contribution in [0.25, 0.3) is 0 Å². The van der Waals surface area contributed by atoms with Crippen LogP contribution in [0.4, 0.5) is 10.5 Å². The number of rotatable bonds is 5. The van der Waals surface area contributed by atoms with Gasteiger partial charge in [0.05, 0.1) is 19.8 Å². The SMILES string of the molecule is CCOc1ccc(NC(=O)N2CCC[C@H]2c2ccc(OC)cc2)cc1. The number of nitrogens with zero attached hydrogens (tertiary/aromatic N) is 1. The molecule has 0 radical (unpaired) electrons. The van der Waals surface area contributed by atoms with Crippen molar-refractivity contribution in [1.82, 2.24) is 4.90 Å². The lowest BCUT2D eigenvalue weighted by Gasteiger charge is -2.25. The summed E-state index contributed by atoms with van der Waals surface area (Å²) < 4.78 is 10.6. The van der Waals surface area contributed by atoms with Crippen molar-refractivity contribution in [3.63, 3.8) is 0 Å². The summed E-state index contributed by atoms with van der Waals surface area (Å²) in [6, 6.07) is 15.4. The van der Waals surface area contributed by atoms with E-state index in [-0.39, 0.29) is 12.1 Å². The second kappa shape index (κ2) is 7.92. The van der Waals surface area contributed by atoms with Crippen molar-refractivity contribution >= 4 is 11.7 Å². The normalized spacial score (nSPS) is 16.6. The molecule has 0 saturated carbocycles. The number of ether oxygens (including phenoxy) is 2. The minimum atomic E-state index is -0.0672. The maximum atomic E-state index is 12.7. The van der Waals surface area contributed by atoms with Gasteiger partial charge in [-0.25, -0.2) is 4.79 Å². The van der Waals surface area contributed by atoms with Gasteiger partial charge in [-0.2, -0.15) is 0 Å². The molecule has 2 aromatic carbocycles. The summed E-state index contributed by atoms with van der Waals surface area (Å²) in [6.45, 7) is 3.34. The van der Waals surface area contributed by atoms with Crippen molar-refractivity contribution in [2.75, 3.05) is 25.6 Å². The molecule has 2 amide bonds. The highest BCUT2D eigenvalue weighted by molar-refractivity contribution is 5.89. The molecule has 5 nitrogen and oxygen atoms in total. The molecule has 3 rings (SSSR count). The molecule has 5 heteroatoms. The maximum absolute atomic E-state index is 12.7. The molecule has 1 fully saturated rings. The van der Waals surface area contributed by atoms with E-state index in [4.69, 9.17) is 9.47 Å². The molecule has 1 atom stereocenters. The standard InChI is InChI=1S/C20H24N2O3/c1-3-25-18-12-8-16(9-13-18)21-20(23)22-14-4-5-19(22)15-6-10-17(24-2)11-7-15/h6-13,19H,3-5,14H2,1-2H3,(H,21,23)/t19-/m0/s1. The Kier molecular flexibility index (Phi) is 5.43. The van der Waals surface area contributed by atoms with Gasteiger partial charge in [0.25, 0.3) is 0 Å². The second-order valence-corrected chi connectivity index (χ2v) is 6.01. The van der Waals surface area contributed by atoms with Crippen LogP contribution in [-0.2, 0) is 0 Å². The van der Waals surface area contributed by atoms with Crippen molar-refractivity contribution < 1.29 is 14.3 Å². The van der Waals surface area contributed by atoms with E-state index in [9.17, 15) is 4.79 Å². The van der Waals surface area contributed by atoms with Gasteiger partial charge in [0.15, 0.2) is 0 Å². The molecular formula is C20H24N2O3. The van der Waals surface area contributed by atoms with Crippen LogP contribution in [0.1, 0.15) is 31.4 Å². The molecule has 0 unspecified atom stereocenters. The summed E-state index contributed by atoms with van der Waals surface area (Å²) in [5.41, 5.74) is 1.91. The Morgan fingerprint density at radius 3 is 2.44 bits per heavy atom. The third-order valence-electron chi connectivity index (χ3n) is 4.43. The summed E-state index contributed by atoms with van der Waals surface area (Å²) in [6.07, 6.45) is 1.98. The Bertz CT molecular complexity index is 698. The molecule has 2 aromatic rings. The van der Waals surface area contributed by atoms with Gasteiger partial charge in [-0.1, -0.05) is 12.1 Å². The number of carbonyl (C=O) groups is 1. The quantitative estimate of drug-likeness (QED) is 0.874. The Labute approximate surface area is 148 Å². The summed E-state index contributed by atoms with van der Waals surface area (Å²) >= 11 is 0. The zero-order valence-corrected chi connectivity index (χ0v) is 14.7. The van der Waals surface area contributed by atoms with E-state index < -0.39 is 0 Å². The maximum Gasteiger partial charge on any atom is 0.322 e. The summed E-state index contributed by atoms with van der Waals surface area (Å²) in [7, 11) is 1.65. The first-order valence-electron chi connectivity index (χ1n) is 8.65. The molecule has 1 aliphatic rings. The van der Waals surface area contributed by atoms with Crippen LogP contribution in [0.15, 0.2) is 48.5 Å². The number of hydrogen-bond acceptors (Lipinski definition) is 3. The van der Waals surface area contributed by atoms with Gasteiger partial charge in [-0.3, -0.25) is 0 Å². The van der Waals surface area contributed by atoms with Crippen molar-refractivity contribution in [3.05, 3.63) is 54.1 Å². The minimum absolute atomic E-state index is 0.0672. The third-order valence-corrected chi connectivity index (χ3v) is 4.43. The number of benzene rings is 2. The first kappa shape index (κ1) is 17.1. The average Bonchev–Trinajstić information content (AvgIpc) is 3.13. The highest BCUT2D eigenvalue weighted by Gasteiger charge is 2.30. The lowest BCUT2D eigenvalue weighted by Crippen LogP contribution is -2.34. The Hall–Kier alpha value is -2.69. The number of anilines is 1. The lowest BCUT2D eigenvalue weighted by molar-refractivity contribution is 0.207. The Balaban J connectivity index is 1.67. The minimum Gasteiger partial charge on any atom is -0.497 e. The first-order chi connectivity index (χ1) is 12.2. The van der Waals surface area contributed by atoms with Crippen molar-refractivity contribution in [1.29, 1.82) is 0 Å². The molecule has 1 N–H and O–H groups in total. The zero-order valence-electron chi connectivity index (χ0n) is 14.7. The van der Waals surface area contributed by atoms with E-state index in [0.717, 1.165) is 42.1 Å². The molecule has 1 aliphatic heterocycles. The monoisotopic (exact) mass is 340 g/mol. The number of nitrogens with one attached hydrogen (secondary N) is 1. The van der Waals surface area contributed by atoms with Crippen LogP contribution in [0.3, 0.4) is 0 Å². The second-order valence-electron chi connectivity index (χ2n) is 6.01. The van der Waals surface area contributed by atoms with E-state index in [0.29, 0.717) is 6.61 Å². The van der Waals surface area contributed by atoms with Crippen LogP contribution in [0, 0.1) is 0 Å². The molecule has 0 bridgehead atoms. The average molecular weight is 340 g/mol. The summed E-state index contributed by atoms with van der Waals surface area (Å²) in [5, 5.41) is 2.98. The Morgan fingerprint density at radius 2 is 1.80 bits per heavy atom. The molecule has 132 valence electrons. The largest absolute Gasteiger partial charge is 0.497 e. The van der Waals surface area contributed by atoms with Gasteiger partial charge in [-0.05, 0) is 61.7 Å². The predicted molar refractivity (Wildman–Crippen MR) is 98.3 cm³/mol. The van der Waals surface area contributed by atoms with Crippen LogP contribution >= 0.6 is 0 Å². The van der Waals surface area contributed by atoms with Crippen molar-refractivity contribution in [2.24, 2.45) is 0 Å². The highest BCUT2D eigenvalue weighted by Crippen LogP contribution is 2.33. The van der Waals surface area contributed by atoms with Crippen LogP contribution in [0.2, 0.25) is 0 Å². The molecule has 1 heterocycles. The van der Waals surface area contributed by atoms with Crippen LogP contribution in [-0.4, -0.2) is 31.2 Å². The molecule has 0 aromatic heterocycles. The summed E-state index contributed by atoms with van der Waals surface area (Å²) in [4.78, 5) is 14.6. The fraction of sp³-hybridized carbons (Fsp3) is 0.350. The fourth-order valence-corrected chi connectivity index (χ4v) is 3.18. The number of amides is 2. The van der Waals surface area contributed by atoms with E-state index in [1.807, 2.05) is 60.4 Å². The predicted octanol–water partition coefficient (Wildman–Crippen LogP) is 4.46. The van der Waals surface area contributed by atoms with Gasteiger partial charge in [0.2, 0.25) is 0 Å². The van der Waals surface area contributed by atoms with Gasteiger partial charge in [-0.15, -0.1) is 0 Å². The van der Waals surface area contributed by atoms with Crippen LogP contribution in [0.5, 0.6) is 11.5 Å². The first-order valence-corrected chi connectivity index (χ1v) is 8.65. The van der Waals surface area contributed by atoms with Crippen molar-refractivity contribution in [2.45, 2.75) is 25.8 Å². The van der Waals surface area contributed by atoms with E-state index in [1.54, 1.807) is 7.11 Å². The topological polar surface area (TPSA) is 50.8 Å². The summed E-state index contributed by atoms with van der Waals surface area (Å²) in [5.74, 6) is 1.63. The highest BCUT2D eigenvalue weighted by atomic mass is 16.5. The van der Waals surface area contributed by atoms with Crippen LogP contribution < -0.4 is 14.8 Å². The van der Waals surface area contributed by atoms with Gasteiger partial charge in [0, 0.05) is 12.2 Å². The molecule has 0 aliphatic carbocycles.